The van der Waals surface area contributed by atoms with Gasteiger partial charge in [0.05, 0.1) is 0 Å². The van der Waals surface area contributed by atoms with Crippen LogP contribution in [0.5, 0.6) is 0 Å². The van der Waals surface area contributed by atoms with E-state index in [1.165, 1.54) is 12.1 Å². The normalized spacial score (nSPS) is 15.3. The smallest absolute Gasteiger partial charge is 0.216 e. The predicted molar refractivity (Wildman–Crippen MR) is 134 cm³/mol. The monoisotopic (exact) mass is 464 g/mol. The lowest BCUT2D eigenvalue weighted by Crippen LogP contribution is -2.46. The molecule has 0 saturated carbocycles. The number of imidazole rings is 1. The number of piperazine rings is 1. The number of benzene rings is 2. The Kier molecular flexibility index (Phi) is 5.80. The molecule has 3 heterocycles. The van der Waals surface area contributed by atoms with Crippen LogP contribution in [-0.2, 0) is 6.54 Å². The van der Waals surface area contributed by atoms with Crippen molar-refractivity contribution in [2.24, 2.45) is 0 Å². The van der Waals surface area contributed by atoms with E-state index in [4.69, 9.17) is 10.1 Å². The van der Waals surface area contributed by atoms with Crippen LogP contribution in [0.4, 0.5) is 15.3 Å². The second-order valence-corrected chi connectivity index (χ2v) is 10.5. The molecular weight excluding hydrogens is 435 g/mol. The van der Waals surface area contributed by atoms with Crippen LogP contribution >= 0.6 is 11.3 Å². The number of halogens is 1. The highest BCUT2D eigenvalue weighted by Gasteiger charge is 2.25. The summed E-state index contributed by atoms with van der Waals surface area (Å²) in [5, 5.41) is 9.57. The van der Waals surface area contributed by atoms with Crippen LogP contribution < -0.4 is 10.2 Å². The average molecular weight is 465 g/mol. The van der Waals surface area contributed by atoms with Gasteiger partial charge in [-0.15, -0.1) is 5.10 Å². The summed E-state index contributed by atoms with van der Waals surface area (Å²) in [6, 6.07) is 17.1. The summed E-state index contributed by atoms with van der Waals surface area (Å²) >= 11 is 1.63. The first-order chi connectivity index (χ1) is 15.9. The molecule has 1 fully saturated rings. The highest BCUT2D eigenvalue weighted by atomic mass is 32.1. The molecule has 1 aliphatic heterocycles. The molecule has 172 valence electrons. The van der Waals surface area contributed by atoms with Gasteiger partial charge in [0, 0.05) is 43.8 Å². The molecule has 0 aliphatic carbocycles. The summed E-state index contributed by atoms with van der Waals surface area (Å²) in [6.07, 6.45) is 0. The first kappa shape index (κ1) is 21.9. The number of nitrogens with one attached hydrogen (secondary N) is 1. The van der Waals surface area contributed by atoms with E-state index in [2.05, 4.69) is 48.0 Å². The minimum atomic E-state index is -0.187. The number of nitrogens with zero attached hydrogens (tertiary/aromatic N) is 5. The summed E-state index contributed by atoms with van der Waals surface area (Å²) in [5.41, 5.74) is 3.04. The molecule has 0 spiro atoms. The summed E-state index contributed by atoms with van der Waals surface area (Å²) in [6.45, 7) is 11.0. The van der Waals surface area contributed by atoms with Crippen molar-refractivity contribution in [1.29, 1.82) is 0 Å². The van der Waals surface area contributed by atoms with Crippen molar-refractivity contribution >= 4 is 27.2 Å². The Labute approximate surface area is 197 Å². The maximum absolute atomic E-state index is 13.2. The van der Waals surface area contributed by atoms with Gasteiger partial charge in [-0.2, -0.15) is 4.52 Å². The lowest BCUT2D eigenvalue weighted by Gasteiger charge is -2.34. The molecule has 33 heavy (non-hydrogen) atoms. The Bertz CT molecular complexity index is 1220. The van der Waals surface area contributed by atoms with Gasteiger partial charge in [0.2, 0.25) is 10.1 Å². The van der Waals surface area contributed by atoms with E-state index in [0.717, 1.165) is 65.5 Å². The van der Waals surface area contributed by atoms with Gasteiger partial charge in [0.25, 0.3) is 0 Å². The zero-order valence-electron chi connectivity index (χ0n) is 19.3. The molecule has 8 heteroatoms. The summed E-state index contributed by atoms with van der Waals surface area (Å²) in [5.74, 6) is 0.745. The molecule has 0 radical (unpaired) electrons. The third kappa shape index (κ3) is 4.86. The maximum Gasteiger partial charge on any atom is 0.216 e. The van der Waals surface area contributed by atoms with E-state index in [0.29, 0.717) is 0 Å². The third-order valence-corrected chi connectivity index (χ3v) is 6.66. The van der Waals surface area contributed by atoms with Crippen molar-refractivity contribution in [3.05, 3.63) is 66.0 Å². The third-order valence-electron chi connectivity index (χ3n) is 5.70. The summed E-state index contributed by atoms with van der Waals surface area (Å²) in [7, 11) is 0. The second kappa shape index (κ2) is 8.76. The fraction of sp³-hybridized carbons (Fsp3) is 0.360. The van der Waals surface area contributed by atoms with Crippen LogP contribution in [0.25, 0.3) is 16.2 Å². The van der Waals surface area contributed by atoms with Crippen LogP contribution in [0.3, 0.4) is 0 Å². The van der Waals surface area contributed by atoms with Crippen molar-refractivity contribution in [2.45, 2.75) is 32.9 Å². The Balaban J connectivity index is 1.35. The van der Waals surface area contributed by atoms with Crippen LogP contribution in [0, 0.1) is 5.82 Å². The van der Waals surface area contributed by atoms with Crippen LogP contribution in [0.15, 0.2) is 54.6 Å². The van der Waals surface area contributed by atoms with E-state index in [9.17, 15) is 4.39 Å². The molecule has 0 atom stereocenters. The summed E-state index contributed by atoms with van der Waals surface area (Å²) < 4.78 is 15.1. The summed E-state index contributed by atoms with van der Waals surface area (Å²) in [4.78, 5) is 10.6. The molecule has 6 nitrogen and oxygen atoms in total. The molecule has 4 aromatic rings. The van der Waals surface area contributed by atoms with Gasteiger partial charge in [0.1, 0.15) is 11.5 Å². The van der Waals surface area contributed by atoms with Crippen molar-refractivity contribution in [2.75, 3.05) is 36.4 Å². The van der Waals surface area contributed by atoms with Crippen molar-refractivity contribution in [3.63, 3.8) is 0 Å². The highest BCUT2D eigenvalue weighted by molar-refractivity contribution is 7.20. The van der Waals surface area contributed by atoms with Crippen LogP contribution in [0.2, 0.25) is 0 Å². The molecular formula is C25H29FN6S. The van der Waals surface area contributed by atoms with E-state index in [1.54, 1.807) is 11.3 Å². The van der Waals surface area contributed by atoms with E-state index in [-0.39, 0.29) is 11.4 Å². The lowest BCUT2D eigenvalue weighted by molar-refractivity contribution is 0.249. The van der Waals surface area contributed by atoms with E-state index < -0.39 is 0 Å². The lowest BCUT2D eigenvalue weighted by atomic mass is 10.1. The van der Waals surface area contributed by atoms with Gasteiger partial charge in [-0.3, -0.25) is 4.90 Å². The van der Waals surface area contributed by atoms with Crippen molar-refractivity contribution in [3.8, 4) is 11.3 Å². The SMILES string of the molecule is CC(C)(C)Nc1c(-c2ccccc2)nc2sc(N3CCN(Cc4ccc(F)cc4)CC3)nn12. The number of anilines is 2. The Morgan fingerprint density at radius 1 is 0.970 bits per heavy atom. The van der Waals surface area contributed by atoms with Gasteiger partial charge in [-0.25, -0.2) is 9.37 Å². The zero-order chi connectivity index (χ0) is 23.0. The van der Waals surface area contributed by atoms with Gasteiger partial charge < -0.3 is 10.2 Å². The Morgan fingerprint density at radius 3 is 2.33 bits per heavy atom. The van der Waals surface area contributed by atoms with Gasteiger partial charge in [-0.05, 0) is 38.5 Å². The van der Waals surface area contributed by atoms with E-state index >= 15 is 0 Å². The highest BCUT2D eigenvalue weighted by Crippen LogP contribution is 2.35. The van der Waals surface area contributed by atoms with Crippen molar-refractivity contribution < 1.29 is 4.39 Å². The Morgan fingerprint density at radius 2 is 1.67 bits per heavy atom. The fourth-order valence-electron chi connectivity index (χ4n) is 4.08. The molecule has 0 amide bonds. The number of hydrogen-bond acceptors (Lipinski definition) is 6. The van der Waals surface area contributed by atoms with Gasteiger partial charge >= 0.3 is 0 Å². The predicted octanol–water partition coefficient (Wildman–Crippen LogP) is 5.13. The van der Waals surface area contributed by atoms with Gasteiger partial charge in [-0.1, -0.05) is 53.8 Å². The van der Waals surface area contributed by atoms with Crippen molar-refractivity contribution in [1.82, 2.24) is 19.5 Å². The second-order valence-electron chi connectivity index (χ2n) is 9.52. The molecule has 1 aliphatic rings. The molecule has 2 aromatic carbocycles. The Hall–Kier alpha value is -2.97. The number of aromatic nitrogens is 3. The largest absolute Gasteiger partial charge is 0.364 e. The first-order valence-electron chi connectivity index (χ1n) is 11.3. The van der Waals surface area contributed by atoms with Crippen LogP contribution in [0.1, 0.15) is 26.3 Å². The minimum absolute atomic E-state index is 0.116. The fourth-order valence-corrected chi connectivity index (χ4v) is 5.03. The number of hydrogen-bond donors (Lipinski definition) is 1. The molecule has 0 bridgehead atoms. The molecule has 1 N–H and O–H groups in total. The molecule has 1 saturated heterocycles. The number of fused-ring (bicyclic) bond motifs is 1. The maximum atomic E-state index is 13.2. The topological polar surface area (TPSA) is 48.7 Å². The molecule has 0 unspecified atom stereocenters. The van der Waals surface area contributed by atoms with E-state index in [1.807, 2.05) is 34.8 Å². The average Bonchev–Trinajstić information content (AvgIpc) is 3.35. The number of rotatable bonds is 5. The molecule has 2 aromatic heterocycles. The molecule has 5 rings (SSSR count). The van der Waals surface area contributed by atoms with Crippen LogP contribution in [-0.4, -0.2) is 51.2 Å². The minimum Gasteiger partial charge on any atom is -0.364 e. The van der Waals surface area contributed by atoms with Gasteiger partial charge in [0.15, 0.2) is 5.82 Å². The quantitative estimate of drug-likeness (QED) is 0.444. The first-order valence-corrected chi connectivity index (χ1v) is 12.1. The standard InChI is InChI=1S/C25H29FN6S/c1-25(2,3)28-22-21(19-7-5-4-6-8-19)27-23-32(22)29-24(33-23)31-15-13-30(14-16-31)17-18-9-11-20(26)12-10-18/h4-12,28H,13-17H2,1-3H3. The zero-order valence-corrected chi connectivity index (χ0v) is 20.1.